The lowest BCUT2D eigenvalue weighted by Gasteiger charge is -2.09. The molecule has 0 rings (SSSR count). The van der Waals surface area contributed by atoms with Crippen LogP contribution in [0.3, 0.4) is 0 Å². The lowest BCUT2D eigenvalue weighted by Crippen LogP contribution is -2.28. The predicted octanol–water partition coefficient (Wildman–Crippen LogP) is -1.85. The molecule has 12 heavy (non-hydrogen) atoms. The van der Waals surface area contributed by atoms with Crippen LogP contribution in [0.5, 0.6) is 0 Å². The van der Waals surface area contributed by atoms with Crippen molar-refractivity contribution in [3.05, 3.63) is 0 Å². The van der Waals surface area contributed by atoms with Crippen LogP contribution in [0.1, 0.15) is 0 Å². The van der Waals surface area contributed by atoms with Gasteiger partial charge < -0.3 is 11.5 Å². The average Bonchev–Trinajstić information content (AvgIpc) is 1.85. The van der Waals surface area contributed by atoms with Crippen molar-refractivity contribution in [3.8, 4) is 0 Å². The average molecular weight is 194 g/mol. The Bertz CT molecular complexity index is 253. The van der Waals surface area contributed by atoms with Crippen molar-refractivity contribution in [1.82, 2.24) is 4.31 Å². The van der Waals surface area contributed by atoms with Crippen molar-refractivity contribution in [2.45, 2.75) is 0 Å². The third kappa shape index (κ3) is 4.14. The van der Waals surface area contributed by atoms with Crippen molar-refractivity contribution in [2.24, 2.45) is 16.5 Å². The summed E-state index contributed by atoms with van der Waals surface area (Å²) >= 11 is 0. The van der Waals surface area contributed by atoms with Crippen LogP contribution in [0, 0.1) is 0 Å². The molecule has 0 amide bonds. The molecule has 0 unspecified atom stereocenters. The van der Waals surface area contributed by atoms with E-state index in [4.69, 9.17) is 11.5 Å². The SMILES string of the molecule is CN(C)S(=O)(=O)CCN=C(N)N. The highest BCUT2D eigenvalue weighted by atomic mass is 32.2. The summed E-state index contributed by atoms with van der Waals surface area (Å²) in [5.74, 6) is -0.165. The van der Waals surface area contributed by atoms with Crippen LogP contribution in [-0.2, 0) is 10.0 Å². The second kappa shape index (κ2) is 4.27. The van der Waals surface area contributed by atoms with E-state index in [-0.39, 0.29) is 18.3 Å². The maximum Gasteiger partial charge on any atom is 0.215 e. The molecule has 0 aliphatic rings. The molecule has 0 heterocycles. The summed E-state index contributed by atoms with van der Waals surface area (Å²) in [4.78, 5) is 3.56. The van der Waals surface area contributed by atoms with Gasteiger partial charge in [-0.1, -0.05) is 0 Å². The molecule has 0 aromatic rings. The molecular weight excluding hydrogens is 180 g/mol. The number of hydrogen-bond donors (Lipinski definition) is 2. The number of nitrogens with zero attached hydrogens (tertiary/aromatic N) is 2. The van der Waals surface area contributed by atoms with Gasteiger partial charge in [0, 0.05) is 14.1 Å². The summed E-state index contributed by atoms with van der Waals surface area (Å²) in [5.41, 5.74) is 10.0. The van der Waals surface area contributed by atoms with Crippen molar-refractivity contribution < 1.29 is 8.42 Å². The minimum atomic E-state index is -3.18. The van der Waals surface area contributed by atoms with E-state index in [0.717, 1.165) is 4.31 Å². The van der Waals surface area contributed by atoms with E-state index in [1.807, 2.05) is 0 Å². The monoisotopic (exact) mass is 194 g/mol. The zero-order chi connectivity index (χ0) is 9.78. The Kier molecular flexibility index (Phi) is 3.98. The molecular formula is C5H14N4O2S. The fourth-order valence-electron chi connectivity index (χ4n) is 0.473. The molecule has 7 heteroatoms. The molecule has 6 nitrogen and oxygen atoms in total. The molecule has 0 aromatic carbocycles. The van der Waals surface area contributed by atoms with Gasteiger partial charge in [0.05, 0.1) is 12.3 Å². The Morgan fingerprint density at radius 2 is 1.92 bits per heavy atom. The van der Waals surface area contributed by atoms with Crippen LogP contribution in [0.25, 0.3) is 0 Å². The zero-order valence-electron chi connectivity index (χ0n) is 7.19. The Morgan fingerprint density at radius 3 is 2.25 bits per heavy atom. The fraction of sp³-hybridized carbons (Fsp3) is 0.800. The number of hydrogen-bond acceptors (Lipinski definition) is 3. The first-order valence-electron chi connectivity index (χ1n) is 3.32. The first-order chi connectivity index (χ1) is 5.36. The Hall–Kier alpha value is -0.820. The molecule has 0 aliphatic carbocycles. The van der Waals surface area contributed by atoms with Gasteiger partial charge in [-0.2, -0.15) is 0 Å². The minimum Gasteiger partial charge on any atom is -0.370 e. The van der Waals surface area contributed by atoms with Gasteiger partial charge in [0.2, 0.25) is 10.0 Å². The van der Waals surface area contributed by atoms with Crippen molar-refractivity contribution in [3.63, 3.8) is 0 Å². The molecule has 0 spiro atoms. The fourth-order valence-corrected chi connectivity index (χ4v) is 1.16. The number of guanidine groups is 1. The topological polar surface area (TPSA) is 102 Å². The Morgan fingerprint density at radius 1 is 1.42 bits per heavy atom. The molecule has 0 bridgehead atoms. The second-order valence-corrected chi connectivity index (χ2v) is 4.71. The van der Waals surface area contributed by atoms with Crippen molar-refractivity contribution in [2.75, 3.05) is 26.4 Å². The predicted molar refractivity (Wildman–Crippen MR) is 48.2 cm³/mol. The summed E-state index contributed by atoms with van der Waals surface area (Å²) in [6.45, 7) is 0.100. The smallest absolute Gasteiger partial charge is 0.215 e. The highest BCUT2D eigenvalue weighted by molar-refractivity contribution is 7.89. The van der Waals surface area contributed by atoms with Crippen LogP contribution in [-0.4, -0.2) is 45.1 Å². The molecule has 0 saturated carbocycles. The van der Waals surface area contributed by atoms with Gasteiger partial charge in [0.25, 0.3) is 0 Å². The van der Waals surface area contributed by atoms with Crippen LogP contribution in [0.15, 0.2) is 4.99 Å². The molecule has 0 saturated heterocycles. The summed E-state index contributed by atoms with van der Waals surface area (Å²) in [6.07, 6.45) is 0. The highest BCUT2D eigenvalue weighted by Gasteiger charge is 2.11. The van der Waals surface area contributed by atoms with Crippen LogP contribution in [0.2, 0.25) is 0 Å². The van der Waals surface area contributed by atoms with Gasteiger partial charge in [0.15, 0.2) is 5.96 Å². The highest BCUT2D eigenvalue weighted by Crippen LogP contribution is 1.92. The van der Waals surface area contributed by atoms with E-state index in [0.29, 0.717) is 0 Å². The van der Waals surface area contributed by atoms with Crippen LogP contribution < -0.4 is 11.5 Å². The summed E-state index contributed by atoms with van der Waals surface area (Å²) in [5, 5.41) is 0. The van der Waals surface area contributed by atoms with E-state index in [2.05, 4.69) is 4.99 Å². The van der Waals surface area contributed by atoms with Gasteiger partial charge in [-0.05, 0) is 0 Å². The molecule has 0 fully saturated rings. The number of rotatable bonds is 4. The van der Waals surface area contributed by atoms with Crippen molar-refractivity contribution in [1.29, 1.82) is 0 Å². The second-order valence-electron chi connectivity index (χ2n) is 2.40. The van der Waals surface area contributed by atoms with E-state index < -0.39 is 10.0 Å². The van der Waals surface area contributed by atoms with Gasteiger partial charge in [0.1, 0.15) is 0 Å². The van der Waals surface area contributed by atoms with E-state index >= 15 is 0 Å². The van der Waals surface area contributed by atoms with Crippen molar-refractivity contribution >= 4 is 16.0 Å². The lowest BCUT2D eigenvalue weighted by molar-refractivity contribution is 0.521. The van der Waals surface area contributed by atoms with Gasteiger partial charge in [-0.15, -0.1) is 0 Å². The minimum absolute atomic E-state index is 0.0715. The molecule has 72 valence electrons. The van der Waals surface area contributed by atoms with E-state index in [1.165, 1.54) is 14.1 Å². The normalized spacial score (nSPS) is 11.6. The Balaban J connectivity index is 4.03. The standard InChI is InChI=1S/C5H14N4O2S/c1-9(2)12(10,11)4-3-8-5(6)7/h3-4H2,1-2H3,(H4,6,7,8). The number of nitrogens with two attached hydrogens (primary N) is 2. The largest absolute Gasteiger partial charge is 0.370 e. The van der Waals surface area contributed by atoms with E-state index in [9.17, 15) is 8.42 Å². The number of sulfonamides is 1. The quantitative estimate of drug-likeness (QED) is 0.405. The third-order valence-corrected chi connectivity index (χ3v) is 3.01. The van der Waals surface area contributed by atoms with Gasteiger partial charge in [-0.3, -0.25) is 4.99 Å². The number of aliphatic imine (C=N–C) groups is 1. The third-order valence-electron chi connectivity index (χ3n) is 1.20. The molecule has 0 atom stereocenters. The summed E-state index contributed by atoms with van der Waals surface area (Å²) in [7, 11) is -0.252. The van der Waals surface area contributed by atoms with Crippen LogP contribution >= 0.6 is 0 Å². The molecule has 0 aromatic heterocycles. The maximum absolute atomic E-state index is 11.1. The van der Waals surface area contributed by atoms with Crippen LogP contribution in [0.4, 0.5) is 0 Å². The zero-order valence-corrected chi connectivity index (χ0v) is 8.00. The summed E-state index contributed by atoms with van der Waals surface area (Å²) in [6, 6.07) is 0. The van der Waals surface area contributed by atoms with Gasteiger partial charge >= 0.3 is 0 Å². The first-order valence-corrected chi connectivity index (χ1v) is 4.93. The lowest BCUT2D eigenvalue weighted by atomic mass is 10.8. The van der Waals surface area contributed by atoms with E-state index in [1.54, 1.807) is 0 Å². The molecule has 0 aliphatic heterocycles. The first kappa shape index (κ1) is 11.2. The molecule has 0 radical (unpaired) electrons. The summed E-state index contributed by atoms with van der Waals surface area (Å²) < 4.78 is 23.3. The molecule has 4 N–H and O–H groups in total. The Labute approximate surface area is 72.3 Å². The maximum atomic E-state index is 11.1. The van der Waals surface area contributed by atoms with Gasteiger partial charge in [-0.25, -0.2) is 12.7 Å².